The summed E-state index contributed by atoms with van der Waals surface area (Å²) in [6.45, 7) is 14.2. The summed E-state index contributed by atoms with van der Waals surface area (Å²) in [5, 5.41) is 1.89. The van der Waals surface area contributed by atoms with Gasteiger partial charge in [-0.25, -0.2) is 4.99 Å². The Morgan fingerprint density at radius 3 is 2.78 bits per heavy atom. The number of benzene rings is 2. The minimum atomic E-state index is 0.744. The maximum absolute atomic E-state index is 6.57. The van der Waals surface area contributed by atoms with Gasteiger partial charge in [-0.1, -0.05) is 55.4 Å². The molecule has 4 rings (SSSR count). The van der Waals surface area contributed by atoms with Gasteiger partial charge in [-0.15, -0.1) is 0 Å². The van der Waals surface area contributed by atoms with Crippen LogP contribution in [0.25, 0.3) is 16.6 Å². The molecule has 2 aromatic carbocycles. The average Bonchev–Trinajstić information content (AvgIpc) is 3.37. The summed E-state index contributed by atoms with van der Waals surface area (Å²) < 4.78 is 0. The molecule has 1 N–H and O–H groups in total. The zero-order valence-corrected chi connectivity index (χ0v) is 22.9. The molecule has 1 aliphatic heterocycles. The summed E-state index contributed by atoms with van der Waals surface area (Å²) in [7, 11) is 2.22. The lowest BCUT2D eigenvalue weighted by Crippen LogP contribution is -2.37. The van der Waals surface area contributed by atoms with Crippen molar-refractivity contribution in [3.8, 4) is 0 Å². The molecule has 1 saturated heterocycles. The van der Waals surface area contributed by atoms with Crippen LogP contribution in [0.15, 0.2) is 77.6 Å². The first kappa shape index (κ1) is 25.8. The second kappa shape index (κ2) is 11.2. The predicted molar refractivity (Wildman–Crippen MR) is 157 cm³/mol. The molecule has 0 atom stereocenters. The number of amidine groups is 1. The van der Waals surface area contributed by atoms with Gasteiger partial charge in [-0.2, -0.15) is 0 Å². The lowest BCUT2D eigenvalue weighted by atomic mass is 9.94. The number of hydrogen-bond donors (Lipinski definition) is 1. The van der Waals surface area contributed by atoms with Crippen molar-refractivity contribution in [1.29, 1.82) is 0 Å². The van der Waals surface area contributed by atoms with Crippen LogP contribution in [0.3, 0.4) is 0 Å². The third-order valence-electron chi connectivity index (χ3n) is 7.08. The quantitative estimate of drug-likeness (QED) is 0.210. The number of para-hydroxylation sites is 1. The molecule has 0 unspecified atom stereocenters. The Balaban J connectivity index is 1.90. The lowest BCUT2D eigenvalue weighted by molar-refractivity contribution is 0.396. The number of hydrogen-bond acceptors (Lipinski definition) is 2. The van der Waals surface area contributed by atoms with Gasteiger partial charge in [0.25, 0.3) is 0 Å². The number of H-pyrrole nitrogens is 1. The molecular formula is C31H37ClN4. The van der Waals surface area contributed by atoms with E-state index in [2.05, 4.69) is 79.5 Å². The fourth-order valence-corrected chi connectivity index (χ4v) is 5.63. The van der Waals surface area contributed by atoms with Crippen molar-refractivity contribution in [2.24, 2.45) is 4.99 Å². The van der Waals surface area contributed by atoms with Crippen molar-refractivity contribution in [3.63, 3.8) is 0 Å². The molecular weight excluding hydrogens is 464 g/mol. The third kappa shape index (κ3) is 5.15. The summed E-state index contributed by atoms with van der Waals surface area (Å²) >= 11 is 6.57. The molecule has 0 bridgehead atoms. The van der Waals surface area contributed by atoms with E-state index in [1.807, 2.05) is 25.3 Å². The highest BCUT2D eigenvalue weighted by Crippen LogP contribution is 2.39. The molecule has 1 aromatic heterocycles. The molecule has 188 valence electrons. The second-order valence-electron chi connectivity index (χ2n) is 9.54. The van der Waals surface area contributed by atoms with Gasteiger partial charge in [0.1, 0.15) is 5.84 Å². The smallest absolute Gasteiger partial charge is 0.102 e. The van der Waals surface area contributed by atoms with Crippen LogP contribution in [-0.2, 0) is 6.42 Å². The minimum Gasteiger partial charge on any atom is -0.360 e. The molecule has 0 aliphatic carbocycles. The van der Waals surface area contributed by atoms with Crippen LogP contribution in [0, 0.1) is 6.92 Å². The number of rotatable bonds is 6. The number of anilines is 1. The highest BCUT2D eigenvalue weighted by atomic mass is 35.5. The predicted octanol–water partition coefficient (Wildman–Crippen LogP) is 8.14. The molecule has 3 aromatic rings. The maximum Gasteiger partial charge on any atom is 0.102 e. The van der Waals surface area contributed by atoms with Crippen molar-refractivity contribution < 1.29 is 0 Å². The SMILES string of the molecule is C=C/C=C(/C)N=C(C)N1CCC/C(=C(/c2ccc(Cl)c3[nH]ccc23)N(C)c2c(C)cccc2CC)C1. The number of likely N-dealkylation sites (tertiary alicyclic amines) is 1. The monoisotopic (exact) mass is 500 g/mol. The van der Waals surface area contributed by atoms with Gasteiger partial charge in [0, 0.05) is 54.4 Å². The first-order valence-corrected chi connectivity index (χ1v) is 13.1. The largest absolute Gasteiger partial charge is 0.360 e. The van der Waals surface area contributed by atoms with Gasteiger partial charge in [0.2, 0.25) is 0 Å². The van der Waals surface area contributed by atoms with E-state index in [1.165, 1.54) is 33.6 Å². The Morgan fingerprint density at radius 2 is 2.03 bits per heavy atom. The van der Waals surface area contributed by atoms with E-state index in [0.717, 1.165) is 59.8 Å². The molecule has 36 heavy (non-hydrogen) atoms. The number of nitrogens with zero attached hydrogens (tertiary/aromatic N) is 3. The number of nitrogens with one attached hydrogen (secondary N) is 1. The van der Waals surface area contributed by atoms with E-state index in [-0.39, 0.29) is 0 Å². The number of fused-ring (bicyclic) bond motifs is 1. The molecule has 1 aliphatic rings. The van der Waals surface area contributed by atoms with E-state index in [0.29, 0.717) is 0 Å². The Hall–Kier alpha value is -3.24. The van der Waals surface area contributed by atoms with E-state index >= 15 is 0 Å². The molecule has 0 amide bonds. The van der Waals surface area contributed by atoms with Gasteiger partial charge in [-0.05, 0) is 74.9 Å². The zero-order valence-electron chi connectivity index (χ0n) is 22.2. The average molecular weight is 501 g/mol. The standard InChI is InChI=1S/C31H37ClN4/c1-7-11-22(4)34-23(5)36-19-10-14-25(20-36)31(27-15-16-28(32)29-26(27)17-18-33-29)35(6)30-21(3)12-9-13-24(30)8-2/h7,9,11-13,15-18,33H,1,8,10,14,19-20H2,2-6H3/b22-11-,31-25+,34-23?. The van der Waals surface area contributed by atoms with E-state index in [9.17, 15) is 0 Å². The molecule has 4 nitrogen and oxygen atoms in total. The summed E-state index contributed by atoms with van der Waals surface area (Å²) in [6.07, 6.45) is 8.83. The van der Waals surface area contributed by atoms with E-state index < -0.39 is 0 Å². The van der Waals surface area contributed by atoms with Crippen molar-refractivity contribution in [2.45, 2.75) is 47.0 Å². The highest BCUT2D eigenvalue weighted by Gasteiger charge is 2.25. The molecule has 0 saturated carbocycles. The van der Waals surface area contributed by atoms with Crippen LogP contribution in [0.1, 0.15) is 50.3 Å². The Morgan fingerprint density at radius 1 is 1.22 bits per heavy atom. The van der Waals surface area contributed by atoms with Gasteiger partial charge in [0.15, 0.2) is 0 Å². The summed E-state index contributed by atoms with van der Waals surface area (Å²) in [5.41, 5.74) is 9.75. The van der Waals surface area contributed by atoms with Crippen LogP contribution in [-0.4, -0.2) is 35.9 Å². The van der Waals surface area contributed by atoms with Crippen LogP contribution in [0.5, 0.6) is 0 Å². The number of halogens is 1. The van der Waals surface area contributed by atoms with Gasteiger partial charge < -0.3 is 14.8 Å². The molecule has 0 radical (unpaired) electrons. The molecule has 0 spiro atoms. The summed E-state index contributed by atoms with van der Waals surface area (Å²) in [4.78, 5) is 13.0. The number of piperidine rings is 1. The Labute approximate surface area is 220 Å². The summed E-state index contributed by atoms with van der Waals surface area (Å²) in [6, 6.07) is 12.9. The minimum absolute atomic E-state index is 0.744. The Bertz CT molecular complexity index is 1360. The van der Waals surface area contributed by atoms with Gasteiger partial charge >= 0.3 is 0 Å². The topological polar surface area (TPSA) is 34.6 Å². The Kier molecular flexibility index (Phi) is 8.05. The first-order chi connectivity index (χ1) is 17.3. The van der Waals surface area contributed by atoms with Gasteiger partial charge in [0.05, 0.1) is 10.5 Å². The second-order valence-corrected chi connectivity index (χ2v) is 9.94. The number of aromatic nitrogens is 1. The summed E-state index contributed by atoms with van der Waals surface area (Å²) in [5.74, 6) is 1.04. The number of aromatic amines is 1. The fraction of sp³-hybridized carbons (Fsp3) is 0.323. The fourth-order valence-electron chi connectivity index (χ4n) is 5.41. The number of allylic oxidation sites excluding steroid dienone is 3. The van der Waals surface area contributed by atoms with Crippen LogP contribution < -0.4 is 4.90 Å². The van der Waals surface area contributed by atoms with Crippen LogP contribution in [0.2, 0.25) is 5.02 Å². The van der Waals surface area contributed by atoms with Gasteiger partial charge in [-0.3, -0.25) is 0 Å². The number of aryl methyl sites for hydroxylation is 2. The van der Waals surface area contributed by atoms with Crippen molar-refractivity contribution in [3.05, 3.63) is 94.3 Å². The lowest BCUT2D eigenvalue weighted by Gasteiger charge is -2.36. The van der Waals surface area contributed by atoms with Crippen molar-refractivity contribution in [2.75, 3.05) is 25.0 Å². The normalized spacial score (nSPS) is 16.4. The number of aliphatic imine (C=N–C) groups is 1. The zero-order chi connectivity index (χ0) is 25.8. The van der Waals surface area contributed by atoms with Crippen LogP contribution >= 0.6 is 11.6 Å². The third-order valence-corrected chi connectivity index (χ3v) is 7.39. The molecule has 1 fully saturated rings. The van der Waals surface area contributed by atoms with Crippen molar-refractivity contribution >= 4 is 39.7 Å². The van der Waals surface area contributed by atoms with E-state index in [4.69, 9.17) is 16.6 Å². The van der Waals surface area contributed by atoms with Crippen LogP contribution in [0.4, 0.5) is 5.69 Å². The van der Waals surface area contributed by atoms with Crippen molar-refractivity contribution in [1.82, 2.24) is 9.88 Å². The highest BCUT2D eigenvalue weighted by molar-refractivity contribution is 6.35. The molecule has 2 heterocycles. The molecule has 5 heteroatoms. The van der Waals surface area contributed by atoms with E-state index in [1.54, 1.807) is 6.08 Å². The first-order valence-electron chi connectivity index (χ1n) is 12.8. The maximum atomic E-state index is 6.57.